The van der Waals surface area contributed by atoms with Crippen molar-refractivity contribution in [1.82, 2.24) is 14.9 Å². The highest BCUT2D eigenvalue weighted by Crippen LogP contribution is 2.35. The van der Waals surface area contributed by atoms with Crippen molar-refractivity contribution in [3.05, 3.63) is 94.1 Å². The summed E-state index contributed by atoms with van der Waals surface area (Å²) < 4.78 is 16.8. The molecule has 2 aliphatic rings. The first kappa shape index (κ1) is 31.8. The lowest BCUT2D eigenvalue weighted by Gasteiger charge is -2.36. The second kappa shape index (κ2) is 14.5. The smallest absolute Gasteiger partial charge is 0.253 e. The molecule has 1 aromatic heterocycles. The van der Waals surface area contributed by atoms with Gasteiger partial charge in [0.1, 0.15) is 16.7 Å². The lowest BCUT2D eigenvalue weighted by Crippen LogP contribution is -2.48. The van der Waals surface area contributed by atoms with E-state index >= 15 is 0 Å². The molecule has 46 heavy (non-hydrogen) atoms. The third kappa shape index (κ3) is 7.13. The number of aromatic nitrogens is 2. The number of hydrogen-bond acceptors (Lipinski definition) is 9. The van der Waals surface area contributed by atoms with Gasteiger partial charge in [-0.05, 0) is 66.4 Å². The number of nitrogens with zero attached hydrogens (tertiary/aromatic N) is 5. The number of amides is 1. The second-order valence-electron chi connectivity index (χ2n) is 11.1. The lowest BCUT2D eigenvalue weighted by atomic mass is 9.99. The SMILES string of the molecule is CCOc1ccccc1N1CCN(C(=O)c2ccc(CSc3nc(Cl)cc(N4CCc5cc(OC)c(OC)cc5C4)n3)cc2)CC1. The van der Waals surface area contributed by atoms with Crippen LogP contribution < -0.4 is 24.0 Å². The summed E-state index contributed by atoms with van der Waals surface area (Å²) in [5, 5.41) is 1.03. The van der Waals surface area contributed by atoms with E-state index in [1.165, 1.54) is 22.9 Å². The monoisotopic (exact) mass is 659 g/mol. The summed E-state index contributed by atoms with van der Waals surface area (Å²) in [5.74, 6) is 3.86. The van der Waals surface area contributed by atoms with E-state index in [4.69, 9.17) is 30.8 Å². The Balaban J connectivity index is 1.05. The fourth-order valence-corrected chi connectivity index (χ4v) is 6.95. The van der Waals surface area contributed by atoms with Gasteiger partial charge in [0.15, 0.2) is 16.7 Å². The maximum atomic E-state index is 13.3. The molecule has 9 nitrogen and oxygen atoms in total. The first-order valence-corrected chi connectivity index (χ1v) is 16.8. The third-order valence-electron chi connectivity index (χ3n) is 8.34. The Labute approximate surface area is 279 Å². The zero-order valence-corrected chi connectivity index (χ0v) is 27.9. The average Bonchev–Trinajstić information content (AvgIpc) is 3.10. The molecule has 0 atom stereocenters. The number of ether oxygens (including phenoxy) is 3. The van der Waals surface area contributed by atoms with E-state index in [9.17, 15) is 4.79 Å². The van der Waals surface area contributed by atoms with Crippen molar-refractivity contribution in [2.45, 2.75) is 30.8 Å². The Morgan fingerprint density at radius 1 is 0.848 bits per heavy atom. The van der Waals surface area contributed by atoms with Crippen LogP contribution in [0.15, 0.2) is 71.9 Å². The fourth-order valence-electron chi connectivity index (χ4n) is 5.91. The molecule has 240 valence electrons. The van der Waals surface area contributed by atoms with E-state index in [1.54, 1.807) is 14.2 Å². The Kier molecular flexibility index (Phi) is 10.0. The molecule has 0 radical (unpaired) electrons. The third-order valence-corrected chi connectivity index (χ3v) is 9.46. The Bertz CT molecular complexity index is 1680. The van der Waals surface area contributed by atoms with Gasteiger partial charge in [0.25, 0.3) is 5.91 Å². The number of halogens is 1. The van der Waals surface area contributed by atoms with Gasteiger partial charge in [0.2, 0.25) is 0 Å². The second-order valence-corrected chi connectivity index (χ2v) is 12.5. The van der Waals surface area contributed by atoms with Gasteiger partial charge in [-0.15, -0.1) is 0 Å². The number of rotatable bonds is 10. The van der Waals surface area contributed by atoms with Crippen LogP contribution in [0.25, 0.3) is 0 Å². The van der Waals surface area contributed by atoms with E-state index in [-0.39, 0.29) is 5.91 Å². The number of anilines is 2. The van der Waals surface area contributed by atoms with Gasteiger partial charge in [0, 0.05) is 56.7 Å². The first-order chi connectivity index (χ1) is 22.4. The number of fused-ring (bicyclic) bond motifs is 1. The molecule has 0 spiro atoms. The quantitative estimate of drug-likeness (QED) is 0.110. The molecule has 0 aliphatic carbocycles. The van der Waals surface area contributed by atoms with E-state index in [0.29, 0.717) is 47.9 Å². The molecule has 0 bridgehead atoms. The first-order valence-electron chi connectivity index (χ1n) is 15.5. The molecule has 4 aromatic rings. The van der Waals surface area contributed by atoms with Crippen molar-refractivity contribution >= 4 is 40.8 Å². The maximum Gasteiger partial charge on any atom is 0.253 e. The minimum atomic E-state index is 0.0546. The van der Waals surface area contributed by atoms with E-state index in [2.05, 4.69) is 26.9 Å². The number of thioether (sulfide) groups is 1. The molecule has 1 fully saturated rings. The topological polar surface area (TPSA) is 80.3 Å². The van der Waals surface area contributed by atoms with Gasteiger partial charge >= 0.3 is 0 Å². The van der Waals surface area contributed by atoms with Crippen LogP contribution in [0.5, 0.6) is 17.2 Å². The van der Waals surface area contributed by atoms with Crippen LogP contribution in [0.3, 0.4) is 0 Å². The van der Waals surface area contributed by atoms with E-state index < -0.39 is 0 Å². The average molecular weight is 660 g/mol. The Morgan fingerprint density at radius 2 is 1.57 bits per heavy atom. The Morgan fingerprint density at radius 3 is 2.28 bits per heavy atom. The molecule has 1 amide bonds. The van der Waals surface area contributed by atoms with Crippen LogP contribution >= 0.6 is 23.4 Å². The van der Waals surface area contributed by atoms with Crippen LogP contribution in [0.4, 0.5) is 11.5 Å². The van der Waals surface area contributed by atoms with Crippen molar-refractivity contribution < 1.29 is 19.0 Å². The largest absolute Gasteiger partial charge is 0.493 e. The molecule has 3 aromatic carbocycles. The summed E-state index contributed by atoms with van der Waals surface area (Å²) in [6, 6.07) is 21.8. The molecule has 0 N–H and O–H groups in total. The predicted molar refractivity (Wildman–Crippen MR) is 183 cm³/mol. The number of piperazine rings is 1. The lowest BCUT2D eigenvalue weighted by molar-refractivity contribution is 0.0746. The van der Waals surface area contributed by atoms with Gasteiger partial charge in [-0.3, -0.25) is 4.79 Å². The number of carbonyl (C=O) groups excluding carboxylic acids is 1. The van der Waals surface area contributed by atoms with Gasteiger partial charge < -0.3 is 28.9 Å². The molecular weight excluding hydrogens is 622 g/mol. The standard InChI is InChI=1S/C35H38ClN5O4S/c1-4-45-29-8-6-5-7-28(29)39-15-17-40(18-16-39)34(42)25-11-9-24(10-12-25)23-46-35-37-32(36)21-33(38-35)41-14-13-26-19-30(43-2)31(44-3)20-27(26)22-41/h5-12,19-21H,4,13-18,22-23H2,1-3H3. The zero-order chi connectivity index (χ0) is 32.0. The molecular formula is C35H38ClN5O4S. The van der Waals surface area contributed by atoms with E-state index in [1.807, 2.05) is 66.4 Å². The summed E-state index contributed by atoms with van der Waals surface area (Å²) in [4.78, 5) is 29.0. The van der Waals surface area contributed by atoms with Crippen LogP contribution in [0.1, 0.15) is 34.0 Å². The molecule has 2 aliphatic heterocycles. The minimum absolute atomic E-state index is 0.0546. The van der Waals surface area contributed by atoms with Crippen LogP contribution in [0.2, 0.25) is 5.15 Å². The maximum absolute atomic E-state index is 13.3. The Hall–Kier alpha value is -4.15. The number of benzene rings is 3. The normalized spacial score (nSPS) is 14.6. The predicted octanol–water partition coefficient (Wildman–Crippen LogP) is 6.36. The number of para-hydroxylation sites is 2. The molecule has 0 unspecified atom stereocenters. The summed E-state index contributed by atoms with van der Waals surface area (Å²) in [6.07, 6.45) is 0.864. The summed E-state index contributed by atoms with van der Waals surface area (Å²) in [5.41, 5.74) is 5.28. The summed E-state index contributed by atoms with van der Waals surface area (Å²) in [6.45, 7) is 6.97. The van der Waals surface area contributed by atoms with Crippen LogP contribution in [0, 0.1) is 0 Å². The molecule has 6 rings (SSSR count). The van der Waals surface area contributed by atoms with Crippen molar-refractivity contribution in [1.29, 1.82) is 0 Å². The number of hydrogen-bond donors (Lipinski definition) is 0. The highest BCUT2D eigenvalue weighted by Gasteiger charge is 2.24. The fraction of sp³-hybridized carbons (Fsp3) is 0.343. The van der Waals surface area contributed by atoms with Gasteiger partial charge in [-0.2, -0.15) is 0 Å². The molecule has 11 heteroatoms. The molecule has 1 saturated heterocycles. The summed E-state index contributed by atoms with van der Waals surface area (Å²) >= 11 is 7.98. The van der Waals surface area contributed by atoms with E-state index in [0.717, 1.165) is 60.4 Å². The number of methoxy groups -OCH3 is 2. The minimum Gasteiger partial charge on any atom is -0.493 e. The number of carbonyl (C=O) groups is 1. The molecule has 3 heterocycles. The van der Waals surface area contributed by atoms with Gasteiger partial charge in [-0.25, -0.2) is 9.97 Å². The van der Waals surface area contributed by atoms with Crippen molar-refractivity contribution in [2.75, 3.05) is 63.4 Å². The van der Waals surface area contributed by atoms with Crippen LogP contribution in [-0.4, -0.2) is 74.3 Å². The van der Waals surface area contributed by atoms with Crippen molar-refractivity contribution in [2.24, 2.45) is 0 Å². The van der Waals surface area contributed by atoms with Gasteiger partial charge in [-0.1, -0.05) is 47.6 Å². The zero-order valence-electron chi connectivity index (χ0n) is 26.4. The summed E-state index contributed by atoms with van der Waals surface area (Å²) in [7, 11) is 3.31. The molecule has 0 saturated carbocycles. The van der Waals surface area contributed by atoms with Crippen molar-refractivity contribution in [3.63, 3.8) is 0 Å². The van der Waals surface area contributed by atoms with Crippen molar-refractivity contribution in [3.8, 4) is 17.2 Å². The highest BCUT2D eigenvalue weighted by molar-refractivity contribution is 7.98. The highest BCUT2D eigenvalue weighted by atomic mass is 35.5. The van der Waals surface area contributed by atoms with Gasteiger partial charge in [0.05, 0.1) is 26.5 Å². The van der Waals surface area contributed by atoms with Crippen LogP contribution in [-0.2, 0) is 18.7 Å².